The molecule has 2 aromatic rings. The fourth-order valence-corrected chi connectivity index (χ4v) is 4.28. The monoisotopic (exact) mass is 334 g/mol. The molecule has 2 N–H and O–H groups in total. The molecule has 4 rings (SSSR count). The molecule has 2 heterocycles. The van der Waals surface area contributed by atoms with E-state index in [0.29, 0.717) is 11.2 Å². The van der Waals surface area contributed by atoms with Gasteiger partial charge in [-0.05, 0) is 23.3 Å². The molecule has 2 aromatic carbocycles. The maximum Gasteiger partial charge on any atom is 0.320 e. The number of thioether (sulfide) groups is 1. The van der Waals surface area contributed by atoms with Crippen LogP contribution in [0.1, 0.15) is 17.2 Å². The van der Waals surface area contributed by atoms with Crippen molar-refractivity contribution < 1.29 is 9.53 Å². The molecule has 2 radical (unpaired) electrons. The van der Waals surface area contributed by atoms with Gasteiger partial charge in [0.1, 0.15) is 13.6 Å². The van der Waals surface area contributed by atoms with Gasteiger partial charge >= 0.3 is 6.03 Å². The zero-order valence-electron chi connectivity index (χ0n) is 13.1. The maximum atomic E-state index is 12.2. The second-order valence-corrected chi connectivity index (χ2v) is 6.74. The zero-order chi connectivity index (χ0) is 16.7. The van der Waals surface area contributed by atoms with Crippen molar-refractivity contribution in [1.82, 2.24) is 10.6 Å². The Morgan fingerprint density at radius 3 is 2.88 bits per heavy atom. The second-order valence-electron chi connectivity index (χ2n) is 5.72. The highest BCUT2D eigenvalue weighted by atomic mass is 32.2. The third kappa shape index (κ3) is 2.47. The summed E-state index contributed by atoms with van der Waals surface area (Å²) >= 11 is 1.78. The number of carbonyl (C=O) groups excluding carboxylic acids is 1. The number of amides is 2. The van der Waals surface area contributed by atoms with Gasteiger partial charge in [-0.2, -0.15) is 0 Å². The highest BCUT2D eigenvalue weighted by Crippen LogP contribution is 2.41. The Kier molecular flexibility index (Phi) is 3.77. The summed E-state index contributed by atoms with van der Waals surface area (Å²) in [5.41, 5.74) is 4.66. The number of nitrogens with one attached hydrogen (secondary N) is 2. The standard InChI is InChI=1S/C18H15BN2O2S/c1-23-14-7-6-10(8-13(14)19)16-12-9-24-15-5-3-2-4-11(15)17(12)21-18(22)20-16/h2-8,16H,9H2,1H3,(H2,20,21,22). The van der Waals surface area contributed by atoms with Gasteiger partial charge in [-0.3, -0.25) is 0 Å². The SMILES string of the molecule is [B]c1cc(C2NC(=O)NC3=C2CSc2ccccc23)ccc1OC. The van der Waals surface area contributed by atoms with Gasteiger partial charge in [-0.25, -0.2) is 4.79 Å². The minimum atomic E-state index is -0.199. The van der Waals surface area contributed by atoms with Crippen LogP contribution in [0, 0.1) is 0 Å². The Hall–Kier alpha value is -2.34. The van der Waals surface area contributed by atoms with Crippen LogP contribution < -0.4 is 20.8 Å². The van der Waals surface area contributed by atoms with E-state index in [1.807, 2.05) is 36.4 Å². The lowest BCUT2D eigenvalue weighted by atomic mass is 9.88. The van der Waals surface area contributed by atoms with Gasteiger partial charge in [0.25, 0.3) is 0 Å². The van der Waals surface area contributed by atoms with Gasteiger partial charge in [0.15, 0.2) is 0 Å². The van der Waals surface area contributed by atoms with E-state index < -0.39 is 0 Å². The van der Waals surface area contributed by atoms with Crippen molar-refractivity contribution in [3.8, 4) is 5.75 Å². The van der Waals surface area contributed by atoms with Crippen LogP contribution in [0.4, 0.5) is 4.79 Å². The summed E-state index contributed by atoms with van der Waals surface area (Å²) in [6, 6.07) is 13.4. The van der Waals surface area contributed by atoms with Crippen LogP contribution in [0.5, 0.6) is 5.75 Å². The molecule has 2 aliphatic heterocycles. The number of ether oxygens (including phenoxy) is 1. The van der Waals surface area contributed by atoms with E-state index >= 15 is 0 Å². The van der Waals surface area contributed by atoms with Crippen molar-refractivity contribution >= 4 is 36.8 Å². The third-order valence-electron chi connectivity index (χ3n) is 4.31. The molecular weight excluding hydrogens is 319 g/mol. The molecule has 0 fully saturated rings. The lowest BCUT2D eigenvalue weighted by Gasteiger charge is -2.34. The van der Waals surface area contributed by atoms with E-state index in [2.05, 4.69) is 16.7 Å². The Morgan fingerprint density at radius 1 is 1.25 bits per heavy atom. The summed E-state index contributed by atoms with van der Waals surface area (Å²) in [5, 5.41) is 5.98. The summed E-state index contributed by atoms with van der Waals surface area (Å²) in [5.74, 6) is 1.45. The Bertz CT molecular complexity index is 866. The molecule has 0 spiro atoms. The predicted molar refractivity (Wildman–Crippen MR) is 96.9 cm³/mol. The summed E-state index contributed by atoms with van der Waals surface area (Å²) < 4.78 is 5.22. The summed E-state index contributed by atoms with van der Waals surface area (Å²) in [7, 11) is 7.63. The molecule has 6 heteroatoms. The summed E-state index contributed by atoms with van der Waals surface area (Å²) in [6.45, 7) is 0. The van der Waals surface area contributed by atoms with Gasteiger partial charge < -0.3 is 15.4 Å². The molecule has 118 valence electrons. The number of benzene rings is 2. The lowest BCUT2D eigenvalue weighted by molar-refractivity contribution is 0.240. The first kappa shape index (κ1) is 15.2. The highest BCUT2D eigenvalue weighted by molar-refractivity contribution is 7.99. The van der Waals surface area contributed by atoms with Crippen LogP contribution in [0.25, 0.3) is 5.70 Å². The number of hydrogen-bond donors (Lipinski definition) is 2. The third-order valence-corrected chi connectivity index (χ3v) is 5.43. The molecule has 0 saturated carbocycles. The highest BCUT2D eigenvalue weighted by Gasteiger charge is 2.32. The molecule has 0 aromatic heterocycles. The second kappa shape index (κ2) is 5.94. The number of hydrogen-bond acceptors (Lipinski definition) is 3. The van der Waals surface area contributed by atoms with Crippen LogP contribution in [0.15, 0.2) is 52.9 Å². The number of fused-ring (bicyclic) bond motifs is 2. The van der Waals surface area contributed by atoms with Crippen LogP contribution in [0.3, 0.4) is 0 Å². The fourth-order valence-electron chi connectivity index (χ4n) is 3.16. The summed E-state index contributed by atoms with van der Waals surface area (Å²) in [4.78, 5) is 13.4. The molecule has 0 saturated heterocycles. The van der Waals surface area contributed by atoms with Crippen LogP contribution >= 0.6 is 11.8 Å². The zero-order valence-corrected chi connectivity index (χ0v) is 13.9. The van der Waals surface area contributed by atoms with Crippen molar-refractivity contribution in [3.05, 3.63) is 59.2 Å². The molecule has 4 nitrogen and oxygen atoms in total. The molecule has 24 heavy (non-hydrogen) atoms. The first-order valence-electron chi connectivity index (χ1n) is 7.63. The van der Waals surface area contributed by atoms with Gasteiger partial charge in [-0.15, -0.1) is 11.8 Å². The quantitative estimate of drug-likeness (QED) is 0.829. The van der Waals surface area contributed by atoms with E-state index in [1.54, 1.807) is 18.9 Å². The van der Waals surface area contributed by atoms with Gasteiger partial charge in [0.2, 0.25) is 0 Å². The van der Waals surface area contributed by atoms with E-state index in [0.717, 1.165) is 28.1 Å². The van der Waals surface area contributed by atoms with Crippen molar-refractivity contribution in [2.24, 2.45) is 0 Å². The average molecular weight is 334 g/mol. The Balaban J connectivity index is 1.82. The fraction of sp³-hybridized carbons (Fsp3) is 0.167. The van der Waals surface area contributed by atoms with E-state index in [1.165, 1.54) is 4.90 Å². The molecule has 0 bridgehead atoms. The van der Waals surface area contributed by atoms with E-state index in [4.69, 9.17) is 12.6 Å². The van der Waals surface area contributed by atoms with E-state index in [9.17, 15) is 4.79 Å². The number of carbonyl (C=O) groups is 1. The number of rotatable bonds is 2. The first-order valence-corrected chi connectivity index (χ1v) is 8.62. The normalized spacial score (nSPS) is 19.0. The minimum absolute atomic E-state index is 0.192. The van der Waals surface area contributed by atoms with E-state index in [-0.39, 0.29) is 12.1 Å². The minimum Gasteiger partial charge on any atom is -0.497 e. The molecule has 1 atom stereocenters. The molecular formula is C18H15BN2O2S. The lowest BCUT2D eigenvalue weighted by Crippen LogP contribution is -2.44. The van der Waals surface area contributed by atoms with Crippen molar-refractivity contribution in [2.75, 3.05) is 12.9 Å². The van der Waals surface area contributed by atoms with Gasteiger partial charge in [-0.1, -0.05) is 35.8 Å². The average Bonchev–Trinajstić information content (AvgIpc) is 2.61. The molecule has 2 aliphatic rings. The van der Waals surface area contributed by atoms with Crippen molar-refractivity contribution in [3.63, 3.8) is 0 Å². The predicted octanol–water partition coefficient (Wildman–Crippen LogP) is 2.36. The summed E-state index contributed by atoms with van der Waals surface area (Å²) in [6.07, 6.45) is 0. The van der Waals surface area contributed by atoms with Crippen molar-refractivity contribution in [1.29, 1.82) is 0 Å². The molecule has 0 aliphatic carbocycles. The number of methoxy groups -OCH3 is 1. The van der Waals surface area contributed by atoms with Gasteiger partial charge in [0, 0.05) is 16.2 Å². The topological polar surface area (TPSA) is 50.4 Å². The maximum absolute atomic E-state index is 12.2. The Labute approximate surface area is 146 Å². The first-order chi connectivity index (χ1) is 11.7. The smallest absolute Gasteiger partial charge is 0.320 e. The van der Waals surface area contributed by atoms with Crippen molar-refractivity contribution in [2.45, 2.75) is 10.9 Å². The van der Waals surface area contributed by atoms with Crippen LogP contribution in [0.2, 0.25) is 0 Å². The van der Waals surface area contributed by atoms with Gasteiger partial charge in [0.05, 0.1) is 18.8 Å². The number of urea groups is 1. The molecule has 2 amide bonds. The molecule has 1 unspecified atom stereocenters. The largest absolute Gasteiger partial charge is 0.497 e. The Morgan fingerprint density at radius 2 is 2.08 bits per heavy atom. The van der Waals surface area contributed by atoms with Crippen LogP contribution in [-0.4, -0.2) is 26.7 Å². The van der Waals surface area contributed by atoms with Crippen LogP contribution in [-0.2, 0) is 0 Å².